The first kappa shape index (κ1) is 12.0. The van der Waals surface area contributed by atoms with Crippen LogP contribution in [0.15, 0.2) is 18.2 Å². The Morgan fingerprint density at radius 1 is 1.47 bits per heavy atom. The summed E-state index contributed by atoms with van der Waals surface area (Å²) in [7, 11) is 0. The van der Waals surface area contributed by atoms with Crippen LogP contribution in [0.2, 0.25) is 0 Å². The standard InChI is InChI=1S/C14H13FN2O2/c15-11-5-8(7-16)1-3-13(11)17-9-2-4-12(17)10(6-9)14(18)19/h1,3,5,9-10,12H,2,4,6H2,(H,18,19). The second-order valence-electron chi connectivity index (χ2n) is 5.16. The maximum atomic E-state index is 14.1. The van der Waals surface area contributed by atoms with Crippen molar-refractivity contribution >= 4 is 11.7 Å². The second kappa shape index (κ2) is 4.23. The van der Waals surface area contributed by atoms with Gasteiger partial charge in [0.2, 0.25) is 0 Å². The van der Waals surface area contributed by atoms with E-state index in [0.717, 1.165) is 12.8 Å². The van der Waals surface area contributed by atoms with E-state index in [1.807, 2.05) is 11.0 Å². The first-order valence-electron chi connectivity index (χ1n) is 6.32. The molecule has 1 N–H and O–H groups in total. The van der Waals surface area contributed by atoms with Crippen molar-refractivity contribution in [3.63, 3.8) is 0 Å². The Kier molecular flexibility index (Phi) is 2.67. The maximum absolute atomic E-state index is 14.1. The van der Waals surface area contributed by atoms with Gasteiger partial charge in [0.1, 0.15) is 5.82 Å². The lowest BCUT2D eigenvalue weighted by molar-refractivity contribution is -0.142. The number of hydrogen-bond acceptors (Lipinski definition) is 3. The molecule has 2 saturated heterocycles. The van der Waals surface area contributed by atoms with Crippen LogP contribution in [-0.4, -0.2) is 23.2 Å². The Balaban J connectivity index is 1.96. The minimum Gasteiger partial charge on any atom is -0.481 e. The molecule has 2 heterocycles. The minimum atomic E-state index is -0.800. The summed E-state index contributed by atoms with van der Waals surface area (Å²) < 4.78 is 14.1. The van der Waals surface area contributed by atoms with Gasteiger partial charge in [0, 0.05) is 12.1 Å². The predicted molar refractivity (Wildman–Crippen MR) is 66.1 cm³/mol. The Labute approximate surface area is 110 Å². The first-order chi connectivity index (χ1) is 9.11. The van der Waals surface area contributed by atoms with Crippen molar-refractivity contribution in [3.05, 3.63) is 29.6 Å². The number of hydrogen-bond donors (Lipinski definition) is 1. The van der Waals surface area contributed by atoms with Gasteiger partial charge in [0.25, 0.3) is 0 Å². The van der Waals surface area contributed by atoms with Gasteiger partial charge >= 0.3 is 5.97 Å². The van der Waals surface area contributed by atoms with E-state index < -0.39 is 17.7 Å². The Hall–Kier alpha value is -2.09. The highest BCUT2D eigenvalue weighted by molar-refractivity contribution is 5.74. The SMILES string of the molecule is N#Cc1ccc(N2C3CCC2C(C(=O)O)C3)c(F)c1. The molecule has 0 amide bonds. The van der Waals surface area contributed by atoms with E-state index in [4.69, 9.17) is 5.26 Å². The lowest BCUT2D eigenvalue weighted by Crippen LogP contribution is -2.33. The third kappa shape index (κ3) is 1.75. The molecule has 1 aromatic carbocycles. The number of halogens is 1. The van der Waals surface area contributed by atoms with Gasteiger partial charge in [-0.1, -0.05) is 0 Å². The van der Waals surface area contributed by atoms with Crippen LogP contribution >= 0.6 is 0 Å². The van der Waals surface area contributed by atoms with Gasteiger partial charge in [0.05, 0.1) is 23.2 Å². The highest BCUT2D eigenvalue weighted by atomic mass is 19.1. The molecule has 2 aliphatic heterocycles. The van der Waals surface area contributed by atoms with Crippen molar-refractivity contribution in [2.24, 2.45) is 5.92 Å². The van der Waals surface area contributed by atoms with Gasteiger partial charge in [-0.15, -0.1) is 0 Å². The molecule has 0 aliphatic carbocycles. The summed E-state index contributed by atoms with van der Waals surface area (Å²) in [4.78, 5) is 13.1. The van der Waals surface area contributed by atoms with E-state index in [1.54, 1.807) is 12.1 Å². The molecule has 1 aromatic rings. The number of benzene rings is 1. The fraction of sp³-hybridized carbons (Fsp3) is 0.429. The predicted octanol–water partition coefficient (Wildman–Crippen LogP) is 2.14. The van der Waals surface area contributed by atoms with E-state index in [2.05, 4.69) is 0 Å². The van der Waals surface area contributed by atoms with Crippen molar-refractivity contribution in [1.29, 1.82) is 5.26 Å². The van der Waals surface area contributed by atoms with Crippen LogP contribution in [0.4, 0.5) is 10.1 Å². The number of fused-ring (bicyclic) bond motifs is 2. The molecular formula is C14H13FN2O2. The molecule has 3 atom stereocenters. The van der Waals surface area contributed by atoms with Gasteiger partial charge in [-0.3, -0.25) is 4.79 Å². The molecular weight excluding hydrogens is 247 g/mol. The molecule has 2 aliphatic rings. The first-order valence-corrected chi connectivity index (χ1v) is 6.32. The van der Waals surface area contributed by atoms with Crippen molar-refractivity contribution in [1.82, 2.24) is 0 Å². The van der Waals surface area contributed by atoms with Crippen molar-refractivity contribution < 1.29 is 14.3 Å². The Morgan fingerprint density at radius 2 is 2.26 bits per heavy atom. The van der Waals surface area contributed by atoms with Crippen LogP contribution in [0.1, 0.15) is 24.8 Å². The second-order valence-corrected chi connectivity index (χ2v) is 5.16. The quantitative estimate of drug-likeness (QED) is 0.884. The zero-order valence-electron chi connectivity index (χ0n) is 10.2. The summed E-state index contributed by atoms with van der Waals surface area (Å²) >= 11 is 0. The smallest absolute Gasteiger partial charge is 0.308 e. The van der Waals surface area contributed by atoms with E-state index in [-0.39, 0.29) is 17.6 Å². The normalized spacial score (nSPS) is 28.4. The minimum absolute atomic E-state index is 0.105. The summed E-state index contributed by atoms with van der Waals surface area (Å²) in [5.74, 6) is -1.65. The van der Waals surface area contributed by atoms with E-state index in [0.29, 0.717) is 12.1 Å². The summed E-state index contributed by atoms with van der Waals surface area (Å²) in [6.45, 7) is 0. The number of nitrogens with zero attached hydrogens (tertiary/aromatic N) is 2. The van der Waals surface area contributed by atoms with Crippen molar-refractivity contribution in [3.8, 4) is 6.07 Å². The maximum Gasteiger partial charge on any atom is 0.308 e. The fourth-order valence-electron chi connectivity index (χ4n) is 3.42. The van der Waals surface area contributed by atoms with Crippen LogP contribution in [-0.2, 0) is 4.79 Å². The largest absolute Gasteiger partial charge is 0.481 e. The zero-order valence-corrected chi connectivity index (χ0v) is 10.2. The van der Waals surface area contributed by atoms with E-state index in [1.165, 1.54) is 6.07 Å². The van der Waals surface area contributed by atoms with Crippen molar-refractivity contribution in [2.45, 2.75) is 31.3 Å². The van der Waals surface area contributed by atoms with Crippen LogP contribution in [0, 0.1) is 23.1 Å². The number of rotatable bonds is 2. The van der Waals surface area contributed by atoms with Gasteiger partial charge in [0.15, 0.2) is 0 Å². The molecule has 0 spiro atoms. The highest BCUT2D eigenvalue weighted by Crippen LogP contribution is 2.45. The molecule has 3 unspecified atom stereocenters. The highest BCUT2D eigenvalue weighted by Gasteiger charge is 2.49. The fourth-order valence-corrected chi connectivity index (χ4v) is 3.42. The molecule has 2 fully saturated rings. The molecule has 5 heteroatoms. The van der Waals surface area contributed by atoms with E-state index >= 15 is 0 Å². The topological polar surface area (TPSA) is 64.3 Å². The molecule has 4 nitrogen and oxygen atoms in total. The lowest BCUT2D eigenvalue weighted by atomic mass is 9.89. The van der Waals surface area contributed by atoms with Gasteiger partial charge in [-0.05, 0) is 37.5 Å². The monoisotopic (exact) mass is 260 g/mol. The van der Waals surface area contributed by atoms with Crippen molar-refractivity contribution in [2.75, 3.05) is 4.90 Å². The van der Waals surface area contributed by atoms with Gasteiger partial charge < -0.3 is 10.0 Å². The lowest BCUT2D eigenvalue weighted by Gasteiger charge is -2.25. The summed E-state index contributed by atoms with van der Waals surface area (Å²) in [6, 6.07) is 6.26. The molecule has 3 rings (SSSR count). The molecule has 0 aromatic heterocycles. The van der Waals surface area contributed by atoms with Crippen LogP contribution in [0.5, 0.6) is 0 Å². The summed E-state index contributed by atoms with van der Waals surface area (Å²) in [6.07, 6.45) is 2.29. The number of carbonyl (C=O) groups is 1. The average molecular weight is 260 g/mol. The van der Waals surface area contributed by atoms with Crippen LogP contribution in [0.25, 0.3) is 0 Å². The molecule has 0 radical (unpaired) electrons. The number of carboxylic acids is 1. The number of aliphatic carboxylic acids is 1. The van der Waals surface area contributed by atoms with Crippen LogP contribution in [0.3, 0.4) is 0 Å². The number of anilines is 1. The van der Waals surface area contributed by atoms with E-state index in [9.17, 15) is 14.3 Å². The molecule has 0 saturated carbocycles. The third-order valence-electron chi connectivity index (χ3n) is 4.21. The molecule has 2 bridgehead atoms. The molecule has 19 heavy (non-hydrogen) atoms. The zero-order chi connectivity index (χ0) is 13.6. The Morgan fingerprint density at radius 3 is 2.84 bits per heavy atom. The third-order valence-corrected chi connectivity index (χ3v) is 4.21. The summed E-state index contributed by atoms with van der Waals surface area (Å²) in [5, 5.41) is 17.9. The Bertz CT molecular complexity index is 581. The van der Waals surface area contributed by atoms with Gasteiger partial charge in [-0.25, -0.2) is 4.39 Å². The average Bonchev–Trinajstić information content (AvgIpc) is 2.96. The number of nitriles is 1. The van der Waals surface area contributed by atoms with Gasteiger partial charge in [-0.2, -0.15) is 5.26 Å². The van der Waals surface area contributed by atoms with Crippen LogP contribution < -0.4 is 4.90 Å². The molecule has 98 valence electrons. The number of carboxylic acid groups (broad SMARTS) is 1. The summed E-state index contributed by atoms with van der Waals surface area (Å²) in [5.41, 5.74) is 0.706.